The molecule has 1 aliphatic rings. The molecule has 3 heteroatoms. The van der Waals surface area contributed by atoms with E-state index < -0.39 is 0 Å². The second kappa shape index (κ2) is 4.74. The molecule has 1 atom stereocenters. The molecule has 0 amide bonds. The predicted octanol–water partition coefficient (Wildman–Crippen LogP) is 3.25. The summed E-state index contributed by atoms with van der Waals surface area (Å²) < 4.78 is 1.97. The van der Waals surface area contributed by atoms with Gasteiger partial charge in [0.25, 0.3) is 0 Å². The number of aryl methyl sites for hydroxylation is 3. The standard InChI is InChI=1S/C17H23N3/c1-11-17(12(2)20(5)18-11)14-7-6-13-8-9-16(19(3)4)15(13)10-14/h6-7,10,16H,8-9H2,1-5H3/t16-/m0/s1. The van der Waals surface area contributed by atoms with E-state index in [0.717, 1.165) is 5.69 Å². The van der Waals surface area contributed by atoms with Crippen molar-refractivity contribution in [3.63, 3.8) is 0 Å². The molecule has 0 aliphatic heterocycles. The highest BCUT2D eigenvalue weighted by Gasteiger charge is 2.25. The van der Waals surface area contributed by atoms with Gasteiger partial charge in [0, 0.05) is 24.3 Å². The number of rotatable bonds is 2. The number of hydrogen-bond acceptors (Lipinski definition) is 2. The van der Waals surface area contributed by atoms with Crippen LogP contribution in [0, 0.1) is 13.8 Å². The minimum absolute atomic E-state index is 0.558. The van der Waals surface area contributed by atoms with Gasteiger partial charge in [-0.2, -0.15) is 5.10 Å². The summed E-state index contributed by atoms with van der Waals surface area (Å²) in [6.07, 6.45) is 2.43. The van der Waals surface area contributed by atoms with Crippen molar-refractivity contribution in [2.45, 2.75) is 32.7 Å². The van der Waals surface area contributed by atoms with Crippen LogP contribution in [0.1, 0.15) is 35.0 Å². The molecule has 0 spiro atoms. The number of fused-ring (bicyclic) bond motifs is 1. The van der Waals surface area contributed by atoms with E-state index in [1.165, 1.54) is 40.8 Å². The van der Waals surface area contributed by atoms with Gasteiger partial charge in [-0.3, -0.25) is 4.68 Å². The van der Waals surface area contributed by atoms with Gasteiger partial charge < -0.3 is 4.90 Å². The first kappa shape index (κ1) is 13.4. The molecule has 0 radical (unpaired) electrons. The van der Waals surface area contributed by atoms with E-state index in [1.807, 2.05) is 11.7 Å². The van der Waals surface area contributed by atoms with Crippen LogP contribution in [-0.2, 0) is 13.5 Å². The Bertz CT molecular complexity index is 652. The van der Waals surface area contributed by atoms with Gasteiger partial charge in [0.05, 0.1) is 5.69 Å². The zero-order chi connectivity index (χ0) is 14.4. The third-order valence-corrected chi connectivity index (χ3v) is 4.61. The van der Waals surface area contributed by atoms with Crippen LogP contribution in [0.3, 0.4) is 0 Å². The molecule has 2 aromatic rings. The number of benzene rings is 1. The predicted molar refractivity (Wildman–Crippen MR) is 82.9 cm³/mol. The normalized spacial score (nSPS) is 17.8. The lowest BCUT2D eigenvalue weighted by molar-refractivity contribution is 0.299. The first-order valence-corrected chi connectivity index (χ1v) is 7.29. The highest BCUT2D eigenvalue weighted by molar-refractivity contribution is 5.70. The van der Waals surface area contributed by atoms with E-state index in [1.54, 1.807) is 0 Å². The lowest BCUT2D eigenvalue weighted by atomic mass is 9.98. The van der Waals surface area contributed by atoms with E-state index in [9.17, 15) is 0 Å². The molecule has 1 aromatic heterocycles. The first-order chi connectivity index (χ1) is 9.49. The molecule has 3 nitrogen and oxygen atoms in total. The van der Waals surface area contributed by atoms with Crippen molar-refractivity contribution in [3.05, 3.63) is 40.7 Å². The topological polar surface area (TPSA) is 21.1 Å². The van der Waals surface area contributed by atoms with Gasteiger partial charge in [-0.15, -0.1) is 0 Å². The molecule has 0 bridgehead atoms. The summed E-state index contributed by atoms with van der Waals surface area (Å²) in [4.78, 5) is 2.33. The maximum Gasteiger partial charge on any atom is 0.0674 e. The fourth-order valence-corrected chi connectivity index (χ4v) is 3.46. The largest absolute Gasteiger partial charge is 0.302 e. The molecule has 20 heavy (non-hydrogen) atoms. The SMILES string of the molecule is Cc1nn(C)c(C)c1-c1ccc2c(c1)[C@@H](N(C)C)CC2. The Morgan fingerprint density at radius 3 is 2.60 bits per heavy atom. The molecular weight excluding hydrogens is 246 g/mol. The molecule has 106 valence electrons. The molecule has 1 heterocycles. The van der Waals surface area contributed by atoms with Gasteiger partial charge >= 0.3 is 0 Å². The fourth-order valence-electron chi connectivity index (χ4n) is 3.46. The molecule has 0 saturated heterocycles. The van der Waals surface area contributed by atoms with Gasteiger partial charge in [-0.25, -0.2) is 0 Å². The summed E-state index contributed by atoms with van der Waals surface area (Å²) >= 11 is 0. The number of aromatic nitrogens is 2. The molecule has 0 fully saturated rings. The van der Waals surface area contributed by atoms with Crippen LogP contribution >= 0.6 is 0 Å². The van der Waals surface area contributed by atoms with Crippen molar-refractivity contribution in [1.29, 1.82) is 0 Å². The first-order valence-electron chi connectivity index (χ1n) is 7.29. The summed E-state index contributed by atoms with van der Waals surface area (Å²) in [5, 5.41) is 4.54. The maximum atomic E-state index is 4.54. The van der Waals surface area contributed by atoms with Crippen LogP contribution < -0.4 is 0 Å². The number of nitrogens with zero attached hydrogens (tertiary/aromatic N) is 3. The second-order valence-corrected chi connectivity index (χ2v) is 6.10. The highest BCUT2D eigenvalue weighted by atomic mass is 15.3. The van der Waals surface area contributed by atoms with Gasteiger partial charge in [0.2, 0.25) is 0 Å². The van der Waals surface area contributed by atoms with Crippen LogP contribution in [0.5, 0.6) is 0 Å². The van der Waals surface area contributed by atoms with E-state index in [-0.39, 0.29) is 0 Å². The number of hydrogen-bond donors (Lipinski definition) is 0. The zero-order valence-electron chi connectivity index (χ0n) is 13.1. The van der Waals surface area contributed by atoms with Crippen molar-refractivity contribution in [2.75, 3.05) is 14.1 Å². The van der Waals surface area contributed by atoms with Gasteiger partial charge in [0.15, 0.2) is 0 Å². The van der Waals surface area contributed by atoms with E-state index in [4.69, 9.17) is 0 Å². The van der Waals surface area contributed by atoms with Gasteiger partial charge in [-0.05, 0) is 63.5 Å². The molecule has 0 N–H and O–H groups in total. The Hall–Kier alpha value is -1.61. The van der Waals surface area contributed by atoms with Crippen LogP contribution in [0.15, 0.2) is 18.2 Å². The van der Waals surface area contributed by atoms with E-state index >= 15 is 0 Å². The average molecular weight is 269 g/mol. The summed E-state index contributed by atoms with van der Waals surface area (Å²) in [7, 11) is 6.36. The van der Waals surface area contributed by atoms with E-state index in [0.29, 0.717) is 6.04 Å². The van der Waals surface area contributed by atoms with Gasteiger partial charge in [0.1, 0.15) is 0 Å². The minimum atomic E-state index is 0.558. The smallest absolute Gasteiger partial charge is 0.0674 e. The van der Waals surface area contributed by atoms with Crippen molar-refractivity contribution < 1.29 is 0 Å². The molecule has 3 rings (SSSR count). The molecule has 1 aliphatic carbocycles. The lowest BCUT2D eigenvalue weighted by Gasteiger charge is -2.20. The average Bonchev–Trinajstić information content (AvgIpc) is 2.91. The van der Waals surface area contributed by atoms with Crippen molar-refractivity contribution in [2.24, 2.45) is 7.05 Å². The summed E-state index contributed by atoms with van der Waals surface area (Å²) in [5.41, 5.74) is 7.95. The van der Waals surface area contributed by atoms with Crippen molar-refractivity contribution in [3.8, 4) is 11.1 Å². The minimum Gasteiger partial charge on any atom is -0.302 e. The Labute approximate surface area is 121 Å². The maximum absolute atomic E-state index is 4.54. The Morgan fingerprint density at radius 1 is 1.25 bits per heavy atom. The third kappa shape index (κ3) is 1.97. The van der Waals surface area contributed by atoms with Crippen molar-refractivity contribution >= 4 is 0 Å². The molecule has 0 unspecified atom stereocenters. The quantitative estimate of drug-likeness (QED) is 0.834. The van der Waals surface area contributed by atoms with Crippen LogP contribution in [0.2, 0.25) is 0 Å². The fraction of sp³-hybridized carbons (Fsp3) is 0.471. The zero-order valence-corrected chi connectivity index (χ0v) is 13.1. The third-order valence-electron chi connectivity index (χ3n) is 4.61. The highest BCUT2D eigenvalue weighted by Crippen LogP contribution is 2.38. The van der Waals surface area contributed by atoms with Crippen LogP contribution in [0.4, 0.5) is 0 Å². The summed E-state index contributed by atoms with van der Waals surface area (Å²) in [6.45, 7) is 4.24. The molecular formula is C17H23N3. The molecule has 1 aromatic carbocycles. The Morgan fingerprint density at radius 2 is 2.00 bits per heavy atom. The Kier molecular flexibility index (Phi) is 3.17. The van der Waals surface area contributed by atoms with Crippen LogP contribution in [-0.4, -0.2) is 28.8 Å². The van der Waals surface area contributed by atoms with E-state index in [2.05, 4.69) is 56.1 Å². The summed E-state index contributed by atoms with van der Waals surface area (Å²) in [5.74, 6) is 0. The second-order valence-electron chi connectivity index (χ2n) is 6.10. The Balaban J connectivity index is 2.11. The van der Waals surface area contributed by atoms with Gasteiger partial charge in [-0.1, -0.05) is 12.1 Å². The monoisotopic (exact) mass is 269 g/mol. The summed E-state index contributed by atoms with van der Waals surface area (Å²) in [6, 6.07) is 7.50. The van der Waals surface area contributed by atoms with Crippen molar-refractivity contribution in [1.82, 2.24) is 14.7 Å². The van der Waals surface area contributed by atoms with Crippen LogP contribution in [0.25, 0.3) is 11.1 Å². The molecule has 0 saturated carbocycles. The lowest BCUT2D eigenvalue weighted by Crippen LogP contribution is -2.17.